The van der Waals surface area contributed by atoms with Crippen LogP contribution in [0.15, 0.2) is 41.2 Å². The molecule has 0 radical (unpaired) electrons. The Morgan fingerprint density at radius 2 is 2.33 bits per heavy atom. The van der Waals surface area contributed by atoms with Crippen molar-refractivity contribution >= 4 is 12.5 Å². The summed E-state index contributed by atoms with van der Waals surface area (Å²) in [6.07, 6.45) is 7.93. The van der Waals surface area contributed by atoms with Crippen molar-refractivity contribution in [3.05, 3.63) is 42.6 Å². The minimum absolute atomic E-state index is 0.358. The summed E-state index contributed by atoms with van der Waals surface area (Å²) in [5.74, 6) is 0.755. The zero-order valence-electron chi connectivity index (χ0n) is 6.34. The number of carbonyl (C=O) groups excluding carboxylic acids is 1. The van der Waals surface area contributed by atoms with E-state index in [1.807, 2.05) is 6.07 Å². The highest BCUT2D eigenvalue weighted by atomic mass is 16.5. The molecule has 3 heteroatoms. The summed E-state index contributed by atoms with van der Waals surface area (Å²) in [5.41, 5.74) is 0. The van der Waals surface area contributed by atoms with Crippen LogP contribution < -0.4 is 0 Å². The van der Waals surface area contributed by atoms with E-state index in [-0.39, 0.29) is 0 Å². The Morgan fingerprint density at radius 3 is 3.00 bits per heavy atom. The van der Waals surface area contributed by atoms with Crippen LogP contribution in [0.5, 0.6) is 0 Å². The van der Waals surface area contributed by atoms with Crippen LogP contribution in [0.3, 0.4) is 0 Å². The molecule has 0 unspecified atom stereocenters. The van der Waals surface area contributed by atoms with E-state index in [0.717, 1.165) is 5.76 Å². The Labute approximate surface area is 69.9 Å². The first-order chi connectivity index (χ1) is 5.93. The van der Waals surface area contributed by atoms with Crippen molar-refractivity contribution in [3.63, 3.8) is 0 Å². The molecule has 1 rings (SSSR count). The van der Waals surface area contributed by atoms with Gasteiger partial charge >= 0.3 is 0 Å². The van der Waals surface area contributed by atoms with E-state index in [0.29, 0.717) is 6.47 Å². The van der Waals surface area contributed by atoms with Crippen LogP contribution >= 0.6 is 0 Å². The number of allylic oxidation sites excluding steroid dienone is 2. The highest BCUT2D eigenvalue weighted by Gasteiger charge is 1.83. The molecule has 1 aromatic heterocycles. The molecular weight excluding hydrogens is 156 g/mol. The molecule has 0 saturated heterocycles. The van der Waals surface area contributed by atoms with E-state index in [1.165, 1.54) is 6.26 Å². The summed E-state index contributed by atoms with van der Waals surface area (Å²) in [7, 11) is 0. The van der Waals surface area contributed by atoms with Gasteiger partial charge in [-0.2, -0.15) is 0 Å². The highest BCUT2D eigenvalue weighted by Crippen LogP contribution is 2.01. The molecular formula is C9H8O3. The fourth-order valence-corrected chi connectivity index (χ4v) is 0.659. The largest absolute Gasteiger partial charge is 0.465 e. The first kappa shape index (κ1) is 8.33. The summed E-state index contributed by atoms with van der Waals surface area (Å²) in [6, 6.07) is 3.62. The third-order valence-electron chi connectivity index (χ3n) is 1.13. The molecule has 12 heavy (non-hydrogen) atoms. The van der Waals surface area contributed by atoms with Gasteiger partial charge in [0.1, 0.15) is 5.76 Å². The molecule has 0 amide bonds. The molecule has 0 aliphatic heterocycles. The molecule has 0 aromatic carbocycles. The molecule has 1 heterocycles. The lowest BCUT2D eigenvalue weighted by atomic mass is 10.4. The van der Waals surface area contributed by atoms with E-state index in [2.05, 4.69) is 4.74 Å². The number of ether oxygens (including phenoxy) is 1. The number of hydrogen-bond acceptors (Lipinski definition) is 3. The van der Waals surface area contributed by atoms with Gasteiger partial charge in [0.15, 0.2) is 0 Å². The maximum absolute atomic E-state index is 9.68. The van der Waals surface area contributed by atoms with Gasteiger partial charge in [-0.15, -0.1) is 0 Å². The highest BCUT2D eigenvalue weighted by molar-refractivity contribution is 5.45. The van der Waals surface area contributed by atoms with Crippen molar-refractivity contribution in [3.8, 4) is 0 Å². The molecule has 0 atom stereocenters. The molecule has 62 valence electrons. The van der Waals surface area contributed by atoms with Crippen LogP contribution in [-0.4, -0.2) is 6.47 Å². The summed E-state index contributed by atoms with van der Waals surface area (Å²) in [6.45, 7) is 0.358. The van der Waals surface area contributed by atoms with Crippen LogP contribution in [0.2, 0.25) is 0 Å². The van der Waals surface area contributed by atoms with Crippen molar-refractivity contribution in [2.75, 3.05) is 0 Å². The Bertz CT molecular complexity index is 270. The van der Waals surface area contributed by atoms with Crippen LogP contribution in [-0.2, 0) is 9.53 Å². The number of carbonyl (C=O) groups is 1. The third-order valence-corrected chi connectivity index (χ3v) is 1.13. The smallest absolute Gasteiger partial charge is 0.297 e. The second-order valence-electron chi connectivity index (χ2n) is 1.94. The molecule has 0 fully saturated rings. The second kappa shape index (κ2) is 4.96. The van der Waals surface area contributed by atoms with E-state index in [1.54, 1.807) is 30.6 Å². The lowest BCUT2D eigenvalue weighted by Crippen LogP contribution is -1.70. The summed E-state index contributed by atoms with van der Waals surface area (Å²) in [5, 5.41) is 0. The van der Waals surface area contributed by atoms with Crippen LogP contribution in [0, 0.1) is 0 Å². The number of rotatable bonds is 4. The Balaban J connectivity index is 2.36. The van der Waals surface area contributed by atoms with Crippen LogP contribution in [0.25, 0.3) is 6.08 Å². The maximum Gasteiger partial charge on any atom is 0.297 e. The summed E-state index contributed by atoms with van der Waals surface area (Å²) >= 11 is 0. The van der Waals surface area contributed by atoms with Crippen molar-refractivity contribution in [2.24, 2.45) is 0 Å². The van der Waals surface area contributed by atoms with E-state index in [4.69, 9.17) is 4.42 Å². The zero-order valence-corrected chi connectivity index (χ0v) is 6.34. The average Bonchev–Trinajstić information content (AvgIpc) is 2.57. The van der Waals surface area contributed by atoms with Crippen molar-refractivity contribution in [2.45, 2.75) is 0 Å². The Morgan fingerprint density at radius 1 is 1.42 bits per heavy atom. The van der Waals surface area contributed by atoms with Gasteiger partial charge in [0, 0.05) is 0 Å². The topological polar surface area (TPSA) is 39.4 Å². The van der Waals surface area contributed by atoms with Crippen molar-refractivity contribution in [1.82, 2.24) is 0 Å². The lowest BCUT2D eigenvalue weighted by Gasteiger charge is -1.80. The second-order valence-corrected chi connectivity index (χ2v) is 1.94. The number of furan rings is 1. The zero-order chi connectivity index (χ0) is 8.65. The molecule has 0 aliphatic carbocycles. The van der Waals surface area contributed by atoms with Gasteiger partial charge in [0.25, 0.3) is 6.47 Å². The molecule has 0 saturated carbocycles. The van der Waals surface area contributed by atoms with Gasteiger partial charge in [-0.25, -0.2) is 0 Å². The van der Waals surface area contributed by atoms with Gasteiger partial charge in [-0.05, 0) is 24.3 Å². The van der Waals surface area contributed by atoms with Crippen LogP contribution in [0.1, 0.15) is 5.76 Å². The Kier molecular flexibility index (Phi) is 3.44. The van der Waals surface area contributed by atoms with Crippen molar-refractivity contribution in [1.29, 1.82) is 0 Å². The SMILES string of the molecule is O=CO/C=C\C=C\c1ccco1. The minimum Gasteiger partial charge on any atom is -0.465 e. The quantitative estimate of drug-likeness (QED) is 0.388. The minimum atomic E-state index is 0.358. The lowest BCUT2D eigenvalue weighted by molar-refractivity contribution is -0.123. The predicted molar refractivity (Wildman–Crippen MR) is 44.0 cm³/mol. The van der Waals surface area contributed by atoms with Crippen molar-refractivity contribution < 1.29 is 13.9 Å². The van der Waals surface area contributed by atoms with Gasteiger partial charge in [-0.3, -0.25) is 4.79 Å². The predicted octanol–water partition coefficient (Wildman–Crippen LogP) is 1.98. The molecule has 0 aliphatic rings. The van der Waals surface area contributed by atoms with E-state index in [9.17, 15) is 4.79 Å². The summed E-state index contributed by atoms with van der Waals surface area (Å²) < 4.78 is 9.32. The van der Waals surface area contributed by atoms with E-state index >= 15 is 0 Å². The fraction of sp³-hybridized carbons (Fsp3) is 0. The summed E-state index contributed by atoms with van der Waals surface area (Å²) in [4.78, 5) is 9.68. The molecule has 0 N–H and O–H groups in total. The first-order valence-corrected chi connectivity index (χ1v) is 3.39. The van der Waals surface area contributed by atoms with Gasteiger partial charge in [0.05, 0.1) is 12.5 Å². The van der Waals surface area contributed by atoms with E-state index < -0.39 is 0 Å². The first-order valence-electron chi connectivity index (χ1n) is 3.39. The molecule has 3 nitrogen and oxygen atoms in total. The molecule has 1 aromatic rings. The van der Waals surface area contributed by atoms with Gasteiger partial charge < -0.3 is 9.15 Å². The third kappa shape index (κ3) is 2.88. The molecule has 0 bridgehead atoms. The monoisotopic (exact) mass is 164 g/mol. The van der Waals surface area contributed by atoms with Gasteiger partial charge in [-0.1, -0.05) is 6.08 Å². The normalized spacial score (nSPS) is 11.0. The average molecular weight is 164 g/mol. The molecule has 0 spiro atoms. The standard InChI is InChI=1S/C9H8O3/c10-8-11-6-2-1-4-9-5-3-7-12-9/h1-8H/b4-1+,6-2-. The number of hydrogen-bond donors (Lipinski definition) is 0. The maximum atomic E-state index is 9.68. The Hall–Kier alpha value is -1.77. The van der Waals surface area contributed by atoms with Crippen LogP contribution in [0.4, 0.5) is 0 Å². The fourth-order valence-electron chi connectivity index (χ4n) is 0.659. The van der Waals surface area contributed by atoms with Gasteiger partial charge in [0.2, 0.25) is 0 Å².